The number of nitrogens with zero attached hydrogens (tertiary/aromatic N) is 1. The highest BCUT2D eigenvalue weighted by molar-refractivity contribution is 6.06. The average molecular weight is 214 g/mol. The Balaban J connectivity index is 2.83. The Morgan fingerprint density at radius 3 is 2.75 bits per heavy atom. The monoisotopic (exact) mass is 214 g/mol. The first kappa shape index (κ1) is 10.6. The quantitative estimate of drug-likeness (QED) is 0.790. The number of fused-ring (bicyclic) bond motifs is 1. The van der Waals surface area contributed by atoms with Crippen LogP contribution in [0.25, 0.3) is 10.9 Å². The number of rotatable bonds is 1. The van der Waals surface area contributed by atoms with Crippen LogP contribution >= 0.6 is 0 Å². The highest BCUT2D eigenvalue weighted by atomic mass is 16.1. The number of aryl methyl sites for hydroxylation is 2. The molecule has 0 fully saturated rings. The SMILES string of the molecule is CNC(=O)c1cc(C)nc2c(C)cccc12. The number of benzene rings is 1. The molecule has 3 nitrogen and oxygen atoms in total. The minimum atomic E-state index is -0.0684. The second-order valence-corrected chi connectivity index (χ2v) is 3.86. The van der Waals surface area contributed by atoms with Crippen molar-refractivity contribution in [3.63, 3.8) is 0 Å². The number of para-hydroxylation sites is 1. The Labute approximate surface area is 94.5 Å². The largest absolute Gasteiger partial charge is 0.355 e. The number of hydrogen-bond donors (Lipinski definition) is 1. The molecule has 82 valence electrons. The van der Waals surface area contributed by atoms with Gasteiger partial charge < -0.3 is 5.32 Å². The van der Waals surface area contributed by atoms with Gasteiger partial charge >= 0.3 is 0 Å². The van der Waals surface area contributed by atoms with Gasteiger partial charge in [-0.25, -0.2) is 0 Å². The maximum absolute atomic E-state index is 11.8. The van der Waals surface area contributed by atoms with Crippen molar-refractivity contribution < 1.29 is 4.79 Å². The summed E-state index contributed by atoms with van der Waals surface area (Å²) in [5.41, 5.74) is 3.54. The van der Waals surface area contributed by atoms with Crippen LogP contribution in [0.1, 0.15) is 21.6 Å². The van der Waals surface area contributed by atoms with Gasteiger partial charge in [-0.3, -0.25) is 9.78 Å². The van der Waals surface area contributed by atoms with Crippen molar-refractivity contribution in [2.24, 2.45) is 0 Å². The van der Waals surface area contributed by atoms with Crippen LogP contribution in [0.2, 0.25) is 0 Å². The first-order chi connectivity index (χ1) is 7.63. The summed E-state index contributed by atoms with van der Waals surface area (Å²) in [4.78, 5) is 16.2. The standard InChI is InChI=1S/C13H14N2O/c1-8-5-4-6-10-11(13(16)14-3)7-9(2)15-12(8)10/h4-7H,1-3H3,(H,14,16). The molecule has 2 aromatic rings. The molecule has 1 aromatic heterocycles. The van der Waals surface area contributed by atoms with E-state index in [1.807, 2.05) is 38.1 Å². The van der Waals surface area contributed by atoms with Gasteiger partial charge in [0.05, 0.1) is 11.1 Å². The third-order valence-electron chi connectivity index (χ3n) is 2.64. The fourth-order valence-corrected chi connectivity index (χ4v) is 1.84. The van der Waals surface area contributed by atoms with Crippen molar-refractivity contribution >= 4 is 16.8 Å². The molecule has 0 bridgehead atoms. The molecule has 0 aliphatic heterocycles. The van der Waals surface area contributed by atoms with Crippen molar-refractivity contribution in [1.82, 2.24) is 10.3 Å². The molecule has 1 aromatic carbocycles. The van der Waals surface area contributed by atoms with Gasteiger partial charge in [0.15, 0.2) is 0 Å². The van der Waals surface area contributed by atoms with Gasteiger partial charge in [0.25, 0.3) is 5.91 Å². The molecule has 2 rings (SSSR count). The number of pyridine rings is 1. The fourth-order valence-electron chi connectivity index (χ4n) is 1.84. The van der Waals surface area contributed by atoms with Gasteiger partial charge in [-0.05, 0) is 25.5 Å². The summed E-state index contributed by atoms with van der Waals surface area (Å²) in [5, 5.41) is 3.56. The summed E-state index contributed by atoms with van der Waals surface area (Å²) in [6.45, 7) is 3.90. The lowest BCUT2D eigenvalue weighted by molar-refractivity contribution is 0.0964. The minimum Gasteiger partial charge on any atom is -0.355 e. The van der Waals surface area contributed by atoms with Gasteiger partial charge in [-0.1, -0.05) is 18.2 Å². The van der Waals surface area contributed by atoms with E-state index in [4.69, 9.17) is 0 Å². The van der Waals surface area contributed by atoms with Crippen molar-refractivity contribution in [1.29, 1.82) is 0 Å². The van der Waals surface area contributed by atoms with Crippen LogP contribution < -0.4 is 5.32 Å². The number of hydrogen-bond acceptors (Lipinski definition) is 2. The van der Waals surface area contributed by atoms with E-state index >= 15 is 0 Å². The molecule has 0 atom stereocenters. The highest BCUT2D eigenvalue weighted by Gasteiger charge is 2.11. The van der Waals surface area contributed by atoms with E-state index in [1.165, 1.54) is 0 Å². The summed E-state index contributed by atoms with van der Waals surface area (Å²) < 4.78 is 0. The van der Waals surface area contributed by atoms with Gasteiger partial charge in [0, 0.05) is 18.1 Å². The Morgan fingerprint density at radius 1 is 1.31 bits per heavy atom. The molecule has 0 unspecified atom stereocenters. The third kappa shape index (κ3) is 1.65. The van der Waals surface area contributed by atoms with Crippen LogP contribution in [0.4, 0.5) is 0 Å². The van der Waals surface area contributed by atoms with E-state index in [0.717, 1.165) is 22.2 Å². The van der Waals surface area contributed by atoms with E-state index in [9.17, 15) is 4.79 Å². The van der Waals surface area contributed by atoms with Crippen LogP contribution in [0, 0.1) is 13.8 Å². The molecule has 1 heterocycles. The summed E-state index contributed by atoms with van der Waals surface area (Å²) >= 11 is 0. The summed E-state index contributed by atoms with van der Waals surface area (Å²) in [6, 6.07) is 7.70. The van der Waals surface area contributed by atoms with Gasteiger partial charge in [0.2, 0.25) is 0 Å². The summed E-state index contributed by atoms with van der Waals surface area (Å²) in [7, 11) is 1.64. The van der Waals surface area contributed by atoms with Crippen LogP contribution in [0.3, 0.4) is 0 Å². The van der Waals surface area contributed by atoms with Crippen LogP contribution in [0.15, 0.2) is 24.3 Å². The topological polar surface area (TPSA) is 42.0 Å². The summed E-state index contributed by atoms with van der Waals surface area (Å²) in [5.74, 6) is -0.0684. The van der Waals surface area contributed by atoms with Gasteiger partial charge in [-0.2, -0.15) is 0 Å². The Morgan fingerprint density at radius 2 is 2.06 bits per heavy atom. The molecule has 0 saturated carbocycles. The van der Waals surface area contributed by atoms with E-state index in [2.05, 4.69) is 10.3 Å². The molecule has 0 saturated heterocycles. The fraction of sp³-hybridized carbons (Fsp3) is 0.231. The normalized spacial score (nSPS) is 10.4. The molecular weight excluding hydrogens is 200 g/mol. The zero-order chi connectivity index (χ0) is 11.7. The molecule has 1 N–H and O–H groups in total. The lowest BCUT2D eigenvalue weighted by Crippen LogP contribution is -2.18. The predicted molar refractivity (Wildman–Crippen MR) is 64.6 cm³/mol. The maximum Gasteiger partial charge on any atom is 0.251 e. The Hall–Kier alpha value is -1.90. The zero-order valence-corrected chi connectivity index (χ0v) is 9.66. The minimum absolute atomic E-state index is 0.0684. The molecule has 0 aliphatic carbocycles. The molecule has 16 heavy (non-hydrogen) atoms. The van der Waals surface area contributed by atoms with E-state index in [1.54, 1.807) is 7.05 Å². The first-order valence-electron chi connectivity index (χ1n) is 5.22. The number of amides is 1. The number of carbonyl (C=O) groups excluding carboxylic acids is 1. The molecule has 0 radical (unpaired) electrons. The third-order valence-corrected chi connectivity index (χ3v) is 2.64. The second kappa shape index (κ2) is 3.93. The molecule has 0 aliphatic rings. The van der Waals surface area contributed by atoms with Crippen molar-refractivity contribution in [3.05, 3.63) is 41.1 Å². The van der Waals surface area contributed by atoms with Crippen molar-refractivity contribution in [3.8, 4) is 0 Å². The maximum atomic E-state index is 11.8. The Kier molecular flexibility index (Phi) is 2.60. The van der Waals surface area contributed by atoms with Crippen molar-refractivity contribution in [2.45, 2.75) is 13.8 Å². The molecule has 1 amide bonds. The summed E-state index contributed by atoms with van der Waals surface area (Å²) in [6.07, 6.45) is 0. The lowest BCUT2D eigenvalue weighted by atomic mass is 10.0. The first-order valence-corrected chi connectivity index (χ1v) is 5.22. The second-order valence-electron chi connectivity index (χ2n) is 3.86. The van der Waals surface area contributed by atoms with Crippen LogP contribution in [0.5, 0.6) is 0 Å². The predicted octanol–water partition coefficient (Wildman–Crippen LogP) is 2.21. The number of nitrogens with one attached hydrogen (secondary N) is 1. The van der Waals surface area contributed by atoms with Gasteiger partial charge in [-0.15, -0.1) is 0 Å². The van der Waals surface area contributed by atoms with Gasteiger partial charge in [0.1, 0.15) is 0 Å². The molecular formula is C13H14N2O. The number of aromatic nitrogens is 1. The lowest BCUT2D eigenvalue weighted by Gasteiger charge is -2.08. The average Bonchev–Trinajstić information content (AvgIpc) is 2.28. The van der Waals surface area contributed by atoms with Crippen LogP contribution in [-0.4, -0.2) is 17.9 Å². The molecule has 3 heteroatoms. The number of carbonyl (C=O) groups is 1. The molecule has 0 spiro atoms. The van der Waals surface area contributed by atoms with E-state index < -0.39 is 0 Å². The van der Waals surface area contributed by atoms with Crippen molar-refractivity contribution in [2.75, 3.05) is 7.05 Å². The Bertz CT molecular complexity index is 561. The van der Waals surface area contributed by atoms with E-state index in [0.29, 0.717) is 5.56 Å². The van der Waals surface area contributed by atoms with E-state index in [-0.39, 0.29) is 5.91 Å². The smallest absolute Gasteiger partial charge is 0.251 e. The van der Waals surface area contributed by atoms with Crippen LogP contribution in [-0.2, 0) is 0 Å². The highest BCUT2D eigenvalue weighted by Crippen LogP contribution is 2.21. The zero-order valence-electron chi connectivity index (χ0n) is 9.66.